The van der Waals surface area contributed by atoms with Gasteiger partial charge in [-0.15, -0.1) is 0 Å². The fourth-order valence-electron chi connectivity index (χ4n) is 1.70. The Balaban J connectivity index is 3.15. The Bertz CT molecular complexity index is 187. The highest BCUT2D eigenvalue weighted by Gasteiger charge is 2.00. The van der Waals surface area contributed by atoms with Crippen LogP contribution in [-0.2, 0) is 4.79 Å². The van der Waals surface area contributed by atoms with Gasteiger partial charge in [0.05, 0.1) is 6.33 Å². The summed E-state index contributed by atoms with van der Waals surface area (Å²) >= 11 is 0. The van der Waals surface area contributed by atoms with Crippen molar-refractivity contribution < 1.29 is 9.18 Å². The molecule has 16 heavy (non-hydrogen) atoms. The third-order valence-corrected chi connectivity index (χ3v) is 2.72. The van der Waals surface area contributed by atoms with Gasteiger partial charge >= 0.3 is 0 Å². The van der Waals surface area contributed by atoms with E-state index in [2.05, 4.69) is 6.92 Å². The van der Waals surface area contributed by atoms with Gasteiger partial charge in [0, 0.05) is 12.8 Å². The van der Waals surface area contributed by atoms with Crippen LogP contribution in [0.15, 0.2) is 12.4 Å². The Hall–Kier alpha value is -0.660. The van der Waals surface area contributed by atoms with Gasteiger partial charge in [0.1, 0.15) is 5.78 Å². The second-order valence-electron chi connectivity index (χ2n) is 4.31. The third-order valence-electron chi connectivity index (χ3n) is 2.72. The van der Waals surface area contributed by atoms with E-state index >= 15 is 0 Å². The lowest BCUT2D eigenvalue weighted by Gasteiger charge is -2.00. The Morgan fingerprint density at radius 1 is 1.00 bits per heavy atom. The smallest absolute Gasteiger partial charge is 0.132 e. The van der Waals surface area contributed by atoms with Crippen LogP contribution in [0.5, 0.6) is 0 Å². The molecule has 0 aromatic carbocycles. The van der Waals surface area contributed by atoms with E-state index in [9.17, 15) is 9.18 Å². The van der Waals surface area contributed by atoms with Gasteiger partial charge in [0.25, 0.3) is 0 Å². The van der Waals surface area contributed by atoms with Gasteiger partial charge in [-0.2, -0.15) is 0 Å². The molecule has 0 aromatic rings. The number of halogens is 1. The molecule has 0 spiro atoms. The van der Waals surface area contributed by atoms with E-state index in [-0.39, 0.29) is 0 Å². The Kier molecular flexibility index (Phi) is 11.9. The molecule has 0 aliphatic heterocycles. The first-order chi connectivity index (χ1) is 7.81. The number of rotatable bonds is 11. The first-order valence-electron chi connectivity index (χ1n) is 6.58. The quantitative estimate of drug-likeness (QED) is 0.457. The highest BCUT2D eigenvalue weighted by atomic mass is 19.1. The average Bonchev–Trinajstić information content (AvgIpc) is 2.28. The zero-order valence-corrected chi connectivity index (χ0v) is 10.5. The lowest BCUT2D eigenvalue weighted by Crippen LogP contribution is -1.97. The minimum Gasteiger partial charge on any atom is -0.300 e. The monoisotopic (exact) mass is 228 g/mol. The zero-order valence-electron chi connectivity index (χ0n) is 10.5. The standard InChI is InChI=1S/C14H25FO/c1-2-3-8-11-14(16)12-9-6-4-5-7-10-13-15/h10,13H,2-9,11-12H2,1H3. The molecule has 0 heterocycles. The van der Waals surface area contributed by atoms with Crippen molar-refractivity contribution in [1.29, 1.82) is 0 Å². The van der Waals surface area contributed by atoms with Gasteiger partial charge in [-0.25, -0.2) is 4.39 Å². The molecule has 0 unspecified atom stereocenters. The Morgan fingerprint density at radius 3 is 2.25 bits per heavy atom. The topological polar surface area (TPSA) is 17.1 Å². The van der Waals surface area contributed by atoms with Gasteiger partial charge in [0.15, 0.2) is 0 Å². The molecule has 0 N–H and O–H groups in total. The molecule has 94 valence electrons. The van der Waals surface area contributed by atoms with Crippen molar-refractivity contribution in [2.45, 2.75) is 71.1 Å². The molecule has 0 rings (SSSR count). The number of carbonyl (C=O) groups is 1. The van der Waals surface area contributed by atoms with Crippen molar-refractivity contribution in [1.82, 2.24) is 0 Å². The largest absolute Gasteiger partial charge is 0.300 e. The molecule has 0 atom stereocenters. The summed E-state index contributed by atoms with van der Waals surface area (Å²) in [6.45, 7) is 2.15. The van der Waals surface area contributed by atoms with E-state index in [0.29, 0.717) is 12.1 Å². The second kappa shape index (κ2) is 12.4. The molecule has 0 bridgehead atoms. The van der Waals surface area contributed by atoms with E-state index in [1.807, 2.05) is 0 Å². The van der Waals surface area contributed by atoms with Crippen LogP contribution < -0.4 is 0 Å². The summed E-state index contributed by atoms with van der Waals surface area (Å²) in [6, 6.07) is 0. The number of hydrogen-bond donors (Lipinski definition) is 0. The van der Waals surface area contributed by atoms with Crippen LogP contribution in [0.2, 0.25) is 0 Å². The van der Waals surface area contributed by atoms with Crippen LogP contribution in [0.4, 0.5) is 4.39 Å². The minimum absolute atomic E-state index is 0.414. The van der Waals surface area contributed by atoms with E-state index < -0.39 is 0 Å². The molecule has 0 aliphatic rings. The van der Waals surface area contributed by atoms with Crippen molar-refractivity contribution in [3.8, 4) is 0 Å². The lowest BCUT2D eigenvalue weighted by molar-refractivity contribution is -0.119. The molecular formula is C14H25FO. The van der Waals surface area contributed by atoms with Crippen LogP contribution in [-0.4, -0.2) is 5.78 Å². The molecule has 0 saturated heterocycles. The van der Waals surface area contributed by atoms with Crippen LogP contribution in [0.3, 0.4) is 0 Å². The summed E-state index contributed by atoms with van der Waals surface area (Å²) in [5.41, 5.74) is 0. The summed E-state index contributed by atoms with van der Waals surface area (Å²) in [5.74, 6) is 0.414. The zero-order chi connectivity index (χ0) is 12.1. The molecule has 0 aromatic heterocycles. The number of Topliss-reactive ketones (excluding diaryl/α,β-unsaturated/α-hetero) is 1. The molecular weight excluding hydrogens is 203 g/mol. The van der Waals surface area contributed by atoms with Crippen LogP contribution >= 0.6 is 0 Å². The minimum atomic E-state index is 0.414. The van der Waals surface area contributed by atoms with E-state index in [0.717, 1.165) is 51.4 Å². The summed E-state index contributed by atoms with van der Waals surface area (Å²) in [4.78, 5) is 11.4. The highest BCUT2D eigenvalue weighted by Crippen LogP contribution is 2.09. The van der Waals surface area contributed by atoms with Crippen molar-refractivity contribution in [3.05, 3.63) is 12.4 Å². The molecule has 1 nitrogen and oxygen atoms in total. The predicted molar refractivity (Wildman–Crippen MR) is 67.1 cm³/mol. The van der Waals surface area contributed by atoms with Gasteiger partial charge in [-0.3, -0.25) is 4.79 Å². The maximum Gasteiger partial charge on any atom is 0.132 e. The van der Waals surface area contributed by atoms with E-state index in [4.69, 9.17) is 0 Å². The number of allylic oxidation sites excluding steroid dienone is 1. The Morgan fingerprint density at radius 2 is 1.62 bits per heavy atom. The van der Waals surface area contributed by atoms with Crippen LogP contribution in [0.25, 0.3) is 0 Å². The van der Waals surface area contributed by atoms with Gasteiger partial charge in [-0.05, 0) is 25.7 Å². The number of ketones is 1. The van der Waals surface area contributed by atoms with Gasteiger partial charge in [-0.1, -0.05) is 38.7 Å². The summed E-state index contributed by atoms with van der Waals surface area (Å²) < 4.78 is 11.6. The van der Waals surface area contributed by atoms with Crippen molar-refractivity contribution >= 4 is 5.78 Å². The van der Waals surface area contributed by atoms with Crippen molar-refractivity contribution in [2.24, 2.45) is 0 Å². The number of unbranched alkanes of at least 4 members (excludes halogenated alkanes) is 6. The summed E-state index contributed by atoms with van der Waals surface area (Å²) in [7, 11) is 0. The lowest BCUT2D eigenvalue weighted by atomic mass is 10.0. The first kappa shape index (κ1) is 15.3. The SMILES string of the molecule is CCCCCC(=O)CCCCCCC=CF. The summed E-state index contributed by atoms with van der Waals surface area (Å²) in [5, 5.41) is 0. The molecule has 0 aliphatic carbocycles. The first-order valence-corrected chi connectivity index (χ1v) is 6.58. The van der Waals surface area contributed by atoms with Crippen LogP contribution in [0, 0.1) is 0 Å². The normalized spacial score (nSPS) is 11.1. The fourth-order valence-corrected chi connectivity index (χ4v) is 1.70. The molecule has 0 fully saturated rings. The van der Waals surface area contributed by atoms with E-state index in [1.165, 1.54) is 12.8 Å². The van der Waals surface area contributed by atoms with Crippen molar-refractivity contribution in [3.63, 3.8) is 0 Å². The third kappa shape index (κ3) is 11.4. The van der Waals surface area contributed by atoms with Crippen molar-refractivity contribution in [2.75, 3.05) is 0 Å². The highest BCUT2D eigenvalue weighted by molar-refractivity contribution is 5.78. The molecule has 0 radical (unpaired) electrons. The second-order valence-corrected chi connectivity index (χ2v) is 4.31. The van der Waals surface area contributed by atoms with E-state index in [1.54, 1.807) is 6.08 Å². The molecule has 2 heteroatoms. The molecule has 0 amide bonds. The van der Waals surface area contributed by atoms with Gasteiger partial charge in [0.2, 0.25) is 0 Å². The predicted octanol–water partition coefficient (Wildman–Crippen LogP) is 4.96. The van der Waals surface area contributed by atoms with Crippen LogP contribution in [0.1, 0.15) is 71.1 Å². The maximum absolute atomic E-state index is 11.6. The fraction of sp³-hybridized carbons (Fsp3) is 0.786. The summed E-state index contributed by atoms with van der Waals surface area (Å²) in [6.07, 6.45) is 12.1. The number of carbonyl (C=O) groups excluding carboxylic acids is 1. The number of hydrogen-bond acceptors (Lipinski definition) is 1. The van der Waals surface area contributed by atoms with Gasteiger partial charge < -0.3 is 0 Å². The average molecular weight is 228 g/mol. The molecule has 0 saturated carbocycles. The Labute approximate surface area is 99.1 Å². The maximum atomic E-state index is 11.6.